The Morgan fingerprint density at radius 1 is 1.37 bits per heavy atom. The molecule has 0 aliphatic rings. The lowest BCUT2D eigenvalue weighted by Gasteiger charge is -2.11. The van der Waals surface area contributed by atoms with Crippen LogP contribution in [0.4, 0.5) is 4.39 Å². The van der Waals surface area contributed by atoms with E-state index >= 15 is 0 Å². The molecule has 0 saturated heterocycles. The fraction of sp³-hybridized carbons (Fsp3) is 0.500. The van der Waals surface area contributed by atoms with E-state index in [2.05, 4.69) is 10.1 Å². The second-order valence-corrected chi connectivity index (χ2v) is 4.25. The van der Waals surface area contributed by atoms with Crippen LogP contribution < -0.4 is 10.1 Å². The Morgan fingerprint density at radius 3 is 2.74 bits per heavy atom. The summed E-state index contributed by atoms with van der Waals surface area (Å²) in [5.74, 6) is -0.675. The van der Waals surface area contributed by atoms with Gasteiger partial charge in [0.25, 0.3) is 0 Å². The lowest BCUT2D eigenvalue weighted by atomic mass is 10.1. The SMILES string of the molecule is CNCCCCOc1cc(F)c(C)cc1C(=O)OC. The summed E-state index contributed by atoms with van der Waals surface area (Å²) in [5, 5.41) is 3.03. The molecule has 1 rings (SSSR count). The number of hydrogen-bond donors (Lipinski definition) is 1. The second-order valence-electron chi connectivity index (χ2n) is 4.25. The first-order valence-electron chi connectivity index (χ1n) is 6.26. The molecule has 1 aromatic carbocycles. The summed E-state index contributed by atoms with van der Waals surface area (Å²) >= 11 is 0. The molecular weight excluding hydrogens is 249 g/mol. The summed E-state index contributed by atoms with van der Waals surface area (Å²) in [5.41, 5.74) is 0.651. The maximum atomic E-state index is 13.5. The van der Waals surface area contributed by atoms with E-state index in [9.17, 15) is 9.18 Å². The molecule has 0 fully saturated rings. The number of ether oxygens (including phenoxy) is 2. The Hall–Kier alpha value is -1.62. The zero-order valence-corrected chi connectivity index (χ0v) is 11.6. The maximum absolute atomic E-state index is 13.5. The average molecular weight is 269 g/mol. The van der Waals surface area contributed by atoms with Gasteiger partial charge in [-0.15, -0.1) is 0 Å². The third-order valence-electron chi connectivity index (χ3n) is 2.74. The minimum absolute atomic E-state index is 0.236. The molecule has 1 N–H and O–H groups in total. The molecule has 0 heterocycles. The number of unbranched alkanes of at least 4 members (excludes halogenated alkanes) is 1. The molecule has 5 heteroatoms. The summed E-state index contributed by atoms with van der Waals surface area (Å²) in [6, 6.07) is 2.68. The third kappa shape index (κ3) is 4.52. The molecule has 4 nitrogen and oxygen atoms in total. The van der Waals surface area contributed by atoms with Gasteiger partial charge in [0.2, 0.25) is 0 Å². The predicted molar refractivity (Wildman–Crippen MR) is 71.1 cm³/mol. The van der Waals surface area contributed by atoms with Gasteiger partial charge in [0, 0.05) is 6.07 Å². The summed E-state index contributed by atoms with van der Waals surface area (Å²) in [4.78, 5) is 11.6. The number of carbonyl (C=O) groups is 1. The molecule has 0 unspecified atom stereocenters. The molecular formula is C14H20FNO3. The first kappa shape index (κ1) is 15.4. The van der Waals surface area contributed by atoms with Crippen LogP contribution in [0.15, 0.2) is 12.1 Å². The second kappa shape index (κ2) is 7.74. The van der Waals surface area contributed by atoms with Crippen molar-refractivity contribution in [2.45, 2.75) is 19.8 Å². The number of benzene rings is 1. The van der Waals surface area contributed by atoms with E-state index in [1.807, 2.05) is 7.05 Å². The van der Waals surface area contributed by atoms with E-state index in [1.54, 1.807) is 6.92 Å². The molecule has 0 aliphatic heterocycles. The highest BCUT2D eigenvalue weighted by atomic mass is 19.1. The van der Waals surface area contributed by atoms with Crippen molar-refractivity contribution in [1.82, 2.24) is 5.32 Å². The van der Waals surface area contributed by atoms with Crippen LogP contribution in [0.5, 0.6) is 5.75 Å². The van der Waals surface area contributed by atoms with Gasteiger partial charge in [0.05, 0.1) is 13.7 Å². The highest BCUT2D eigenvalue weighted by Gasteiger charge is 2.16. The van der Waals surface area contributed by atoms with Crippen LogP contribution in [-0.4, -0.2) is 33.3 Å². The third-order valence-corrected chi connectivity index (χ3v) is 2.74. The zero-order valence-electron chi connectivity index (χ0n) is 11.6. The van der Waals surface area contributed by atoms with Crippen LogP contribution in [0.25, 0.3) is 0 Å². The number of rotatable bonds is 7. The number of nitrogens with one attached hydrogen (secondary N) is 1. The van der Waals surface area contributed by atoms with Gasteiger partial charge in [-0.25, -0.2) is 9.18 Å². The van der Waals surface area contributed by atoms with Crippen LogP contribution in [0, 0.1) is 12.7 Å². The molecule has 0 atom stereocenters. The largest absolute Gasteiger partial charge is 0.493 e. The predicted octanol–water partition coefficient (Wildman–Crippen LogP) is 2.30. The first-order chi connectivity index (χ1) is 9.10. The van der Waals surface area contributed by atoms with Crippen molar-refractivity contribution in [3.63, 3.8) is 0 Å². The monoisotopic (exact) mass is 269 g/mol. The van der Waals surface area contributed by atoms with Gasteiger partial charge in [0.15, 0.2) is 0 Å². The molecule has 106 valence electrons. The van der Waals surface area contributed by atoms with Gasteiger partial charge in [-0.1, -0.05) is 0 Å². The maximum Gasteiger partial charge on any atom is 0.341 e. The highest BCUT2D eigenvalue weighted by Crippen LogP contribution is 2.23. The number of methoxy groups -OCH3 is 1. The van der Waals surface area contributed by atoms with Gasteiger partial charge < -0.3 is 14.8 Å². The number of aryl methyl sites for hydroxylation is 1. The number of esters is 1. The molecule has 0 amide bonds. The van der Waals surface area contributed by atoms with Crippen molar-refractivity contribution in [3.8, 4) is 5.75 Å². The quantitative estimate of drug-likeness (QED) is 0.609. The fourth-order valence-electron chi connectivity index (χ4n) is 1.64. The Bertz CT molecular complexity index is 435. The molecule has 0 aliphatic carbocycles. The van der Waals surface area contributed by atoms with E-state index < -0.39 is 11.8 Å². The summed E-state index contributed by atoms with van der Waals surface area (Å²) in [6.07, 6.45) is 1.79. The van der Waals surface area contributed by atoms with Gasteiger partial charge in [-0.3, -0.25) is 0 Å². The summed E-state index contributed by atoms with van der Waals surface area (Å²) in [6.45, 7) is 2.93. The van der Waals surface area contributed by atoms with E-state index in [4.69, 9.17) is 4.74 Å². The van der Waals surface area contributed by atoms with Gasteiger partial charge in [-0.05, 0) is 45.0 Å². The normalized spacial score (nSPS) is 10.3. The first-order valence-corrected chi connectivity index (χ1v) is 6.26. The molecule has 19 heavy (non-hydrogen) atoms. The van der Waals surface area contributed by atoms with Crippen molar-refractivity contribution in [1.29, 1.82) is 0 Å². The Labute approximate surface area is 112 Å². The van der Waals surface area contributed by atoms with Crippen LogP contribution >= 0.6 is 0 Å². The van der Waals surface area contributed by atoms with Crippen LogP contribution in [-0.2, 0) is 4.74 Å². The topological polar surface area (TPSA) is 47.6 Å². The number of hydrogen-bond acceptors (Lipinski definition) is 4. The van der Waals surface area contributed by atoms with Crippen LogP contribution in [0.1, 0.15) is 28.8 Å². The molecule has 1 aromatic rings. The van der Waals surface area contributed by atoms with Crippen molar-refractivity contribution in [2.24, 2.45) is 0 Å². The van der Waals surface area contributed by atoms with Crippen molar-refractivity contribution in [2.75, 3.05) is 27.3 Å². The molecule has 0 bridgehead atoms. The highest BCUT2D eigenvalue weighted by molar-refractivity contribution is 5.92. The van der Waals surface area contributed by atoms with E-state index in [0.717, 1.165) is 19.4 Å². The molecule has 0 spiro atoms. The summed E-state index contributed by atoms with van der Waals surface area (Å²) in [7, 11) is 3.17. The fourth-order valence-corrected chi connectivity index (χ4v) is 1.64. The molecule has 0 radical (unpaired) electrons. The number of carbonyl (C=O) groups excluding carboxylic acids is 1. The lowest BCUT2D eigenvalue weighted by molar-refractivity contribution is 0.0595. The van der Waals surface area contributed by atoms with Crippen LogP contribution in [0.3, 0.4) is 0 Å². The number of halogens is 1. The molecule has 0 saturated carbocycles. The van der Waals surface area contributed by atoms with E-state index in [0.29, 0.717) is 12.2 Å². The zero-order chi connectivity index (χ0) is 14.3. The Morgan fingerprint density at radius 2 is 2.11 bits per heavy atom. The van der Waals surface area contributed by atoms with E-state index in [-0.39, 0.29) is 11.3 Å². The average Bonchev–Trinajstić information content (AvgIpc) is 2.41. The standard InChI is InChI=1S/C14H20FNO3/c1-10-8-11(14(17)18-3)13(9-12(10)15)19-7-5-4-6-16-2/h8-9,16H,4-7H2,1-3H3. The van der Waals surface area contributed by atoms with Crippen molar-refractivity contribution < 1.29 is 18.7 Å². The Kier molecular flexibility index (Phi) is 6.29. The smallest absolute Gasteiger partial charge is 0.341 e. The molecule has 0 aromatic heterocycles. The minimum Gasteiger partial charge on any atom is -0.493 e. The van der Waals surface area contributed by atoms with Crippen LogP contribution in [0.2, 0.25) is 0 Å². The van der Waals surface area contributed by atoms with Gasteiger partial charge in [0.1, 0.15) is 17.1 Å². The lowest BCUT2D eigenvalue weighted by Crippen LogP contribution is -2.11. The van der Waals surface area contributed by atoms with Gasteiger partial charge >= 0.3 is 5.97 Å². The van der Waals surface area contributed by atoms with Crippen molar-refractivity contribution >= 4 is 5.97 Å². The summed E-state index contributed by atoms with van der Waals surface area (Å²) < 4.78 is 23.7. The Balaban J connectivity index is 2.74. The van der Waals surface area contributed by atoms with E-state index in [1.165, 1.54) is 19.2 Å². The minimum atomic E-state index is -0.520. The van der Waals surface area contributed by atoms with Gasteiger partial charge in [-0.2, -0.15) is 0 Å². The van der Waals surface area contributed by atoms with Crippen molar-refractivity contribution in [3.05, 3.63) is 29.1 Å².